The van der Waals surface area contributed by atoms with Crippen LogP contribution in [0, 0.1) is 0 Å². The number of rotatable bonds is 4. The van der Waals surface area contributed by atoms with Crippen molar-refractivity contribution in [2.45, 2.75) is 0 Å². The summed E-state index contributed by atoms with van der Waals surface area (Å²) in [7, 11) is 1.64. The Morgan fingerprint density at radius 2 is 1.80 bits per heavy atom. The van der Waals surface area contributed by atoms with Gasteiger partial charge in [0, 0.05) is 50.3 Å². The van der Waals surface area contributed by atoms with Gasteiger partial charge in [-0.15, -0.1) is 0 Å². The van der Waals surface area contributed by atoms with E-state index in [0.29, 0.717) is 23.1 Å². The maximum Gasteiger partial charge on any atom is 0.178 e. The van der Waals surface area contributed by atoms with Crippen LogP contribution in [0.2, 0.25) is 0 Å². The molecule has 5 heterocycles. The van der Waals surface area contributed by atoms with E-state index in [1.54, 1.807) is 44.2 Å². The second-order valence-corrected chi connectivity index (χ2v) is 6.85. The molecular formula is C21H20N8O. The maximum atomic E-state index is 5.57. The smallest absolute Gasteiger partial charge is 0.178 e. The van der Waals surface area contributed by atoms with Crippen molar-refractivity contribution >= 4 is 16.7 Å². The van der Waals surface area contributed by atoms with Gasteiger partial charge in [-0.3, -0.25) is 9.97 Å². The second-order valence-electron chi connectivity index (χ2n) is 6.85. The Labute approximate surface area is 173 Å². The van der Waals surface area contributed by atoms with Crippen LogP contribution >= 0.6 is 0 Å². The van der Waals surface area contributed by atoms with Crippen molar-refractivity contribution in [3.63, 3.8) is 0 Å². The minimum atomic E-state index is 0.561. The Morgan fingerprint density at radius 3 is 2.60 bits per heavy atom. The van der Waals surface area contributed by atoms with Gasteiger partial charge in [-0.05, 0) is 18.2 Å². The molecule has 1 aliphatic heterocycles. The van der Waals surface area contributed by atoms with Crippen LogP contribution in [0.15, 0.2) is 49.2 Å². The lowest BCUT2D eigenvalue weighted by atomic mass is 10.1. The predicted molar refractivity (Wildman–Crippen MR) is 113 cm³/mol. The van der Waals surface area contributed by atoms with Gasteiger partial charge >= 0.3 is 0 Å². The zero-order valence-electron chi connectivity index (χ0n) is 16.5. The molecule has 0 atom stereocenters. The average molecular weight is 400 g/mol. The van der Waals surface area contributed by atoms with E-state index in [9.17, 15) is 0 Å². The van der Waals surface area contributed by atoms with Crippen LogP contribution in [0.5, 0.6) is 5.75 Å². The van der Waals surface area contributed by atoms with E-state index < -0.39 is 0 Å². The highest BCUT2D eigenvalue weighted by Gasteiger charge is 2.21. The highest BCUT2D eigenvalue weighted by atomic mass is 16.5. The summed E-state index contributed by atoms with van der Waals surface area (Å²) >= 11 is 0. The first-order valence-electron chi connectivity index (χ1n) is 9.73. The number of methoxy groups -OCH3 is 1. The van der Waals surface area contributed by atoms with Crippen molar-refractivity contribution in [2.75, 3.05) is 38.2 Å². The Kier molecular flexibility index (Phi) is 4.86. The molecule has 0 unspecified atom stereocenters. The number of hydrogen-bond acceptors (Lipinski definition) is 9. The molecule has 150 valence electrons. The van der Waals surface area contributed by atoms with Gasteiger partial charge in [-0.2, -0.15) is 0 Å². The normalized spacial score (nSPS) is 14.1. The lowest BCUT2D eigenvalue weighted by molar-refractivity contribution is 0.418. The van der Waals surface area contributed by atoms with E-state index in [1.807, 2.05) is 12.1 Å². The first kappa shape index (κ1) is 18.3. The highest BCUT2D eigenvalue weighted by molar-refractivity contribution is 5.95. The van der Waals surface area contributed by atoms with E-state index in [2.05, 4.69) is 30.2 Å². The van der Waals surface area contributed by atoms with Crippen LogP contribution in [0.1, 0.15) is 0 Å². The van der Waals surface area contributed by atoms with Gasteiger partial charge < -0.3 is 15.0 Å². The third-order valence-electron chi connectivity index (χ3n) is 5.00. The van der Waals surface area contributed by atoms with E-state index in [0.717, 1.165) is 48.5 Å². The first-order chi connectivity index (χ1) is 14.8. The van der Waals surface area contributed by atoms with Crippen molar-refractivity contribution in [3.05, 3.63) is 49.2 Å². The number of nitrogens with zero attached hydrogens (tertiary/aromatic N) is 7. The van der Waals surface area contributed by atoms with Crippen LogP contribution < -0.4 is 15.0 Å². The van der Waals surface area contributed by atoms with Gasteiger partial charge in [-0.1, -0.05) is 0 Å². The molecule has 0 saturated carbocycles. The molecule has 0 radical (unpaired) electrons. The molecule has 0 spiro atoms. The van der Waals surface area contributed by atoms with E-state index >= 15 is 0 Å². The van der Waals surface area contributed by atoms with Crippen LogP contribution in [0.25, 0.3) is 33.8 Å². The third kappa shape index (κ3) is 3.39. The monoisotopic (exact) mass is 400 g/mol. The van der Waals surface area contributed by atoms with Gasteiger partial charge in [0.25, 0.3) is 0 Å². The summed E-state index contributed by atoms with van der Waals surface area (Å²) in [4.78, 5) is 29.3. The van der Waals surface area contributed by atoms with Crippen molar-refractivity contribution in [3.8, 4) is 28.7 Å². The van der Waals surface area contributed by atoms with Crippen molar-refractivity contribution in [1.82, 2.24) is 35.2 Å². The standard InChI is InChI=1S/C21H20N8O/c1-30-17-13-23-12-16-18(17)21(29-9-7-22-8-10-29)28-19(27-16)14-3-6-24-15(11-14)20-25-4-2-5-26-20/h2-6,11-13,22H,7-10H2,1H3. The molecule has 1 saturated heterocycles. The van der Waals surface area contributed by atoms with Crippen molar-refractivity contribution in [1.29, 1.82) is 0 Å². The number of anilines is 1. The van der Waals surface area contributed by atoms with Gasteiger partial charge in [0.1, 0.15) is 17.3 Å². The minimum absolute atomic E-state index is 0.561. The molecular weight excluding hydrogens is 380 g/mol. The minimum Gasteiger partial charge on any atom is -0.494 e. The molecule has 0 aliphatic carbocycles. The summed E-state index contributed by atoms with van der Waals surface area (Å²) in [5, 5.41) is 4.26. The Balaban J connectivity index is 1.67. The Hall–Kier alpha value is -3.72. The predicted octanol–water partition coefficient (Wildman–Crippen LogP) is 1.96. The van der Waals surface area contributed by atoms with E-state index in [4.69, 9.17) is 14.7 Å². The molecule has 0 amide bonds. The van der Waals surface area contributed by atoms with Crippen LogP contribution in [-0.2, 0) is 0 Å². The van der Waals surface area contributed by atoms with Crippen LogP contribution in [0.4, 0.5) is 5.82 Å². The number of fused-ring (bicyclic) bond motifs is 1. The zero-order chi connectivity index (χ0) is 20.3. The molecule has 9 nitrogen and oxygen atoms in total. The zero-order valence-corrected chi connectivity index (χ0v) is 16.5. The second kappa shape index (κ2) is 7.96. The molecule has 4 aromatic heterocycles. The summed E-state index contributed by atoms with van der Waals surface area (Å²) in [6.45, 7) is 3.52. The van der Waals surface area contributed by atoms with Crippen molar-refractivity contribution < 1.29 is 4.74 Å². The number of pyridine rings is 2. The largest absolute Gasteiger partial charge is 0.494 e. The number of hydrogen-bond donors (Lipinski definition) is 1. The molecule has 1 N–H and O–H groups in total. The lowest BCUT2D eigenvalue weighted by Crippen LogP contribution is -2.44. The quantitative estimate of drug-likeness (QED) is 0.551. The van der Waals surface area contributed by atoms with Crippen LogP contribution in [-0.4, -0.2) is 63.2 Å². The van der Waals surface area contributed by atoms with E-state index in [-0.39, 0.29) is 0 Å². The molecule has 0 bridgehead atoms. The topological polar surface area (TPSA) is 102 Å². The van der Waals surface area contributed by atoms with Gasteiger partial charge in [0.15, 0.2) is 11.6 Å². The Bertz CT molecular complexity index is 1180. The van der Waals surface area contributed by atoms with Crippen LogP contribution in [0.3, 0.4) is 0 Å². The molecule has 0 aromatic carbocycles. The van der Waals surface area contributed by atoms with Gasteiger partial charge in [-0.25, -0.2) is 19.9 Å². The summed E-state index contributed by atoms with van der Waals surface area (Å²) < 4.78 is 5.57. The van der Waals surface area contributed by atoms with Gasteiger partial charge in [0.05, 0.1) is 30.4 Å². The average Bonchev–Trinajstić information content (AvgIpc) is 2.84. The molecule has 4 aromatic rings. The molecule has 9 heteroatoms. The summed E-state index contributed by atoms with van der Waals surface area (Å²) in [6, 6.07) is 5.58. The SMILES string of the molecule is COc1cncc2nc(-c3ccnc(-c4ncccn4)c3)nc(N3CCNCC3)c12. The fourth-order valence-electron chi connectivity index (χ4n) is 3.55. The maximum absolute atomic E-state index is 5.57. The number of piperazine rings is 1. The fourth-order valence-corrected chi connectivity index (χ4v) is 3.55. The molecule has 5 rings (SSSR count). The summed E-state index contributed by atoms with van der Waals surface area (Å²) in [6.07, 6.45) is 8.57. The summed E-state index contributed by atoms with van der Waals surface area (Å²) in [5.41, 5.74) is 2.25. The highest BCUT2D eigenvalue weighted by Crippen LogP contribution is 2.34. The van der Waals surface area contributed by atoms with E-state index in [1.165, 1.54) is 0 Å². The molecule has 30 heavy (non-hydrogen) atoms. The van der Waals surface area contributed by atoms with Crippen molar-refractivity contribution in [2.24, 2.45) is 0 Å². The number of nitrogens with one attached hydrogen (secondary N) is 1. The summed E-state index contributed by atoms with van der Waals surface area (Å²) in [5.74, 6) is 2.68. The van der Waals surface area contributed by atoms with Gasteiger partial charge in [0.2, 0.25) is 0 Å². The molecule has 1 aliphatic rings. The Morgan fingerprint density at radius 1 is 0.967 bits per heavy atom. The lowest BCUT2D eigenvalue weighted by Gasteiger charge is -2.29. The first-order valence-corrected chi connectivity index (χ1v) is 9.73. The number of aromatic nitrogens is 6. The third-order valence-corrected chi connectivity index (χ3v) is 5.00. The number of ether oxygens (including phenoxy) is 1. The molecule has 1 fully saturated rings. The fraction of sp³-hybridized carbons (Fsp3) is 0.238.